The van der Waals surface area contributed by atoms with Crippen LogP contribution in [-0.4, -0.2) is 25.5 Å². The number of hydrogen-bond donors (Lipinski definition) is 2. The molecule has 0 bridgehead atoms. The lowest BCUT2D eigenvalue weighted by atomic mass is 10.2. The third-order valence-corrected chi connectivity index (χ3v) is 4.43. The van der Waals surface area contributed by atoms with E-state index in [9.17, 15) is 9.59 Å². The number of amides is 2. The van der Waals surface area contributed by atoms with E-state index < -0.39 is 0 Å². The van der Waals surface area contributed by atoms with Crippen LogP contribution in [0, 0.1) is 0 Å². The van der Waals surface area contributed by atoms with Crippen molar-refractivity contribution >= 4 is 11.8 Å². The van der Waals surface area contributed by atoms with Gasteiger partial charge in [0.25, 0.3) is 11.8 Å². The van der Waals surface area contributed by atoms with Crippen molar-refractivity contribution in [1.82, 2.24) is 10.6 Å². The molecule has 0 unspecified atom stereocenters. The predicted molar refractivity (Wildman–Crippen MR) is 114 cm³/mol. The van der Waals surface area contributed by atoms with Crippen LogP contribution in [0.1, 0.15) is 21.5 Å². The van der Waals surface area contributed by atoms with E-state index in [0.717, 1.165) is 11.1 Å². The predicted octanol–water partition coefficient (Wildman–Crippen LogP) is 3.32. The third kappa shape index (κ3) is 6.10. The van der Waals surface area contributed by atoms with Crippen LogP contribution in [0.5, 0.6) is 11.5 Å². The number of carbonyl (C=O) groups is 2. The molecule has 0 radical (unpaired) electrons. The van der Waals surface area contributed by atoms with Crippen molar-refractivity contribution in [2.24, 2.45) is 0 Å². The average Bonchev–Trinajstić information content (AvgIpc) is 2.80. The first-order valence-electron chi connectivity index (χ1n) is 9.59. The molecule has 3 aromatic carbocycles. The van der Waals surface area contributed by atoms with Gasteiger partial charge in [-0.3, -0.25) is 9.59 Å². The Morgan fingerprint density at radius 1 is 0.833 bits per heavy atom. The topological polar surface area (TPSA) is 76.7 Å². The smallest absolute Gasteiger partial charge is 0.258 e. The minimum atomic E-state index is -0.264. The van der Waals surface area contributed by atoms with Crippen molar-refractivity contribution in [1.29, 1.82) is 0 Å². The number of rotatable bonds is 9. The van der Waals surface area contributed by atoms with E-state index in [4.69, 9.17) is 9.47 Å². The molecule has 0 saturated heterocycles. The van der Waals surface area contributed by atoms with Crippen molar-refractivity contribution < 1.29 is 19.1 Å². The number of ether oxygens (including phenoxy) is 2. The van der Waals surface area contributed by atoms with E-state index >= 15 is 0 Å². The maximum Gasteiger partial charge on any atom is 0.258 e. The van der Waals surface area contributed by atoms with Crippen LogP contribution in [0.15, 0.2) is 78.9 Å². The van der Waals surface area contributed by atoms with E-state index in [1.165, 1.54) is 0 Å². The maximum atomic E-state index is 12.4. The molecule has 0 aliphatic carbocycles. The monoisotopic (exact) mass is 404 g/mol. The Balaban J connectivity index is 1.48. The first kappa shape index (κ1) is 20.9. The fourth-order valence-electron chi connectivity index (χ4n) is 2.85. The minimum Gasteiger partial charge on any atom is -0.496 e. The fraction of sp³-hybridized carbons (Fsp3) is 0.167. The largest absolute Gasteiger partial charge is 0.496 e. The zero-order valence-corrected chi connectivity index (χ0v) is 16.8. The molecule has 3 rings (SSSR count). The van der Waals surface area contributed by atoms with Gasteiger partial charge in [-0.1, -0.05) is 54.6 Å². The van der Waals surface area contributed by atoms with Gasteiger partial charge in [0, 0.05) is 24.2 Å². The molecule has 30 heavy (non-hydrogen) atoms. The number of nitrogens with one attached hydrogen (secondary N) is 2. The summed E-state index contributed by atoms with van der Waals surface area (Å²) >= 11 is 0. The summed E-state index contributed by atoms with van der Waals surface area (Å²) in [7, 11) is 1.59. The molecule has 0 heterocycles. The van der Waals surface area contributed by atoms with E-state index in [2.05, 4.69) is 10.6 Å². The van der Waals surface area contributed by atoms with Crippen LogP contribution >= 0.6 is 0 Å². The van der Waals surface area contributed by atoms with Gasteiger partial charge in [-0.25, -0.2) is 0 Å². The number of carbonyl (C=O) groups excluding carboxylic acids is 2. The molecule has 3 aromatic rings. The van der Waals surface area contributed by atoms with Crippen LogP contribution in [-0.2, 0) is 17.9 Å². The Morgan fingerprint density at radius 2 is 1.60 bits per heavy atom. The van der Waals surface area contributed by atoms with Gasteiger partial charge in [-0.15, -0.1) is 0 Å². The molecule has 6 heteroatoms. The lowest BCUT2D eigenvalue weighted by Gasteiger charge is -2.11. The Bertz CT molecular complexity index is 989. The highest BCUT2D eigenvalue weighted by Gasteiger charge is 2.09. The van der Waals surface area contributed by atoms with Gasteiger partial charge < -0.3 is 20.1 Å². The molecule has 0 fully saturated rings. The van der Waals surface area contributed by atoms with Crippen LogP contribution < -0.4 is 20.1 Å². The molecule has 2 N–H and O–H groups in total. The molecule has 0 spiro atoms. The molecule has 0 atom stereocenters. The van der Waals surface area contributed by atoms with Crippen molar-refractivity contribution in [3.63, 3.8) is 0 Å². The summed E-state index contributed by atoms with van der Waals surface area (Å²) < 4.78 is 10.8. The summed E-state index contributed by atoms with van der Waals surface area (Å²) in [5, 5.41) is 5.67. The molecule has 0 aromatic heterocycles. The lowest BCUT2D eigenvalue weighted by Crippen LogP contribution is -2.28. The molecule has 6 nitrogen and oxygen atoms in total. The Morgan fingerprint density at radius 3 is 2.40 bits per heavy atom. The second-order valence-electron chi connectivity index (χ2n) is 6.57. The lowest BCUT2D eigenvalue weighted by molar-refractivity contribution is -0.123. The van der Waals surface area contributed by atoms with Crippen molar-refractivity contribution in [3.8, 4) is 11.5 Å². The molecule has 0 aliphatic rings. The minimum absolute atomic E-state index is 0.149. The Kier molecular flexibility index (Phi) is 7.44. The molecule has 154 valence electrons. The van der Waals surface area contributed by atoms with E-state index in [-0.39, 0.29) is 18.4 Å². The summed E-state index contributed by atoms with van der Waals surface area (Å²) in [6.07, 6.45) is 0. The second-order valence-corrected chi connectivity index (χ2v) is 6.57. The molecule has 2 amide bonds. The molecule has 0 aliphatic heterocycles. The van der Waals surface area contributed by atoms with Crippen molar-refractivity contribution in [2.75, 3.05) is 13.7 Å². The first-order chi connectivity index (χ1) is 14.7. The highest BCUT2D eigenvalue weighted by Crippen LogP contribution is 2.17. The summed E-state index contributed by atoms with van der Waals surface area (Å²) in [6, 6.07) is 23.9. The average molecular weight is 404 g/mol. The van der Waals surface area contributed by atoms with Gasteiger partial charge in [0.05, 0.1) is 7.11 Å². The van der Waals surface area contributed by atoms with Crippen LogP contribution in [0.3, 0.4) is 0 Å². The van der Waals surface area contributed by atoms with Gasteiger partial charge in [0.15, 0.2) is 6.61 Å². The zero-order valence-electron chi connectivity index (χ0n) is 16.8. The first-order valence-corrected chi connectivity index (χ1v) is 9.59. The maximum absolute atomic E-state index is 12.4. The van der Waals surface area contributed by atoms with Crippen molar-refractivity contribution in [3.05, 3.63) is 95.6 Å². The number of methoxy groups -OCH3 is 1. The van der Waals surface area contributed by atoms with E-state index in [1.54, 1.807) is 31.4 Å². The van der Waals surface area contributed by atoms with E-state index in [1.807, 2.05) is 54.6 Å². The summed E-state index contributed by atoms with van der Waals surface area (Å²) in [5.74, 6) is 0.701. The number of benzene rings is 3. The van der Waals surface area contributed by atoms with Crippen LogP contribution in [0.25, 0.3) is 0 Å². The van der Waals surface area contributed by atoms with Gasteiger partial charge in [0.1, 0.15) is 11.5 Å². The van der Waals surface area contributed by atoms with Gasteiger partial charge >= 0.3 is 0 Å². The highest BCUT2D eigenvalue weighted by atomic mass is 16.5. The van der Waals surface area contributed by atoms with Gasteiger partial charge in [-0.05, 0) is 29.8 Å². The second kappa shape index (κ2) is 10.7. The Hall–Kier alpha value is -3.80. The zero-order chi connectivity index (χ0) is 21.2. The summed E-state index contributed by atoms with van der Waals surface area (Å²) in [5.41, 5.74) is 2.37. The SMILES string of the molecule is COc1ccccc1CNC(=O)COc1cccc(C(=O)NCc2ccccc2)c1. The normalized spacial score (nSPS) is 10.2. The number of hydrogen-bond acceptors (Lipinski definition) is 4. The van der Waals surface area contributed by atoms with Crippen LogP contribution in [0.2, 0.25) is 0 Å². The molecular weight excluding hydrogens is 380 g/mol. The van der Waals surface area contributed by atoms with Crippen molar-refractivity contribution in [2.45, 2.75) is 13.1 Å². The van der Waals surface area contributed by atoms with Crippen LogP contribution in [0.4, 0.5) is 0 Å². The standard InChI is InChI=1S/C24H24N2O4/c1-29-22-13-6-5-10-20(22)16-25-23(27)17-30-21-12-7-11-19(14-21)24(28)26-15-18-8-3-2-4-9-18/h2-14H,15-17H2,1H3,(H,25,27)(H,26,28). The highest BCUT2D eigenvalue weighted by molar-refractivity contribution is 5.94. The quantitative estimate of drug-likeness (QED) is 0.574. The van der Waals surface area contributed by atoms with Gasteiger partial charge in [-0.2, -0.15) is 0 Å². The number of para-hydroxylation sites is 1. The van der Waals surface area contributed by atoms with E-state index in [0.29, 0.717) is 30.2 Å². The van der Waals surface area contributed by atoms with Gasteiger partial charge in [0.2, 0.25) is 0 Å². The third-order valence-electron chi connectivity index (χ3n) is 4.43. The summed E-state index contributed by atoms with van der Waals surface area (Å²) in [4.78, 5) is 24.5. The molecular formula is C24H24N2O4. The molecule has 0 saturated carbocycles. The Labute approximate surface area is 175 Å². The fourth-order valence-corrected chi connectivity index (χ4v) is 2.85. The summed E-state index contributed by atoms with van der Waals surface area (Å²) in [6.45, 7) is 0.633.